The van der Waals surface area contributed by atoms with Gasteiger partial charge in [-0.2, -0.15) is 0 Å². The molecule has 0 aromatic heterocycles. The standard InChI is InChI=1S/C10H18N4O3S/c11-14-13-5-2-1-4-12-10(15)7-9-3-6-18(16,17)8-9/h9H,1-8H2,(H,12,15). The van der Waals surface area contributed by atoms with Gasteiger partial charge in [-0.1, -0.05) is 5.11 Å². The fourth-order valence-electron chi connectivity index (χ4n) is 1.95. The van der Waals surface area contributed by atoms with Crippen molar-refractivity contribution in [3.63, 3.8) is 0 Å². The third-order valence-corrected chi connectivity index (χ3v) is 4.71. The summed E-state index contributed by atoms with van der Waals surface area (Å²) in [7, 11) is -2.90. The van der Waals surface area contributed by atoms with Gasteiger partial charge in [-0.25, -0.2) is 8.42 Å². The first-order valence-electron chi connectivity index (χ1n) is 6.01. The van der Waals surface area contributed by atoms with Crippen LogP contribution in [0.5, 0.6) is 0 Å². The predicted molar refractivity (Wildman–Crippen MR) is 67.6 cm³/mol. The molecule has 1 heterocycles. The summed E-state index contributed by atoms with van der Waals surface area (Å²) in [4.78, 5) is 14.1. The van der Waals surface area contributed by atoms with E-state index in [9.17, 15) is 13.2 Å². The Morgan fingerprint density at radius 3 is 2.83 bits per heavy atom. The molecule has 0 saturated carbocycles. The van der Waals surface area contributed by atoms with Crippen LogP contribution in [0.1, 0.15) is 25.7 Å². The molecule has 0 aromatic carbocycles. The first kappa shape index (κ1) is 14.8. The van der Waals surface area contributed by atoms with Crippen molar-refractivity contribution in [2.75, 3.05) is 24.6 Å². The lowest BCUT2D eigenvalue weighted by atomic mass is 10.1. The summed E-state index contributed by atoms with van der Waals surface area (Å²) in [6, 6.07) is 0. The number of azide groups is 1. The number of carbonyl (C=O) groups is 1. The summed E-state index contributed by atoms with van der Waals surface area (Å²) in [5.74, 6) is 0.216. The Balaban J connectivity index is 2.09. The second-order valence-electron chi connectivity index (χ2n) is 4.48. The summed E-state index contributed by atoms with van der Waals surface area (Å²) in [5.41, 5.74) is 8.05. The first-order chi connectivity index (χ1) is 8.53. The second kappa shape index (κ2) is 7.23. The third kappa shape index (κ3) is 5.88. The number of sulfone groups is 1. The molecule has 1 saturated heterocycles. The van der Waals surface area contributed by atoms with Crippen LogP contribution < -0.4 is 5.32 Å². The monoisotopic (exact) mass is 274 g/mol. The molecule has 1 amide bonds. The SMILES string of the molecule is [N-]=[N+]=NCCCCNC(=O)CC1CCS(=O)(=O)C1. The molecule has 102 valence electrons. The molecular weight excluding hydrogens is 256 g/mol. The Bertz CT molecular complexity index is 428. The summed E-state index contributed by atoms with van der Waals surface area (Å²) < 4.78 is 22.4. The Kier molecular flexibility index (Phi) is 5.94. The van der Waals surface area contributed by atoms with Crippen LogP contribution in [-0.4, -0.2) is 38.9 Å². The largest absolute Gasteiger partial charge is 0.356 e. The van der Waals surface area contributed by atoms with E-state index in [1.807, 2.05) is 0 Å². The van der Waals surface area contributed by atoms with Crippen LogP contribution in [0.15, 0.2) is 5.11 Å². The normalized spacial score (nSPS) is 21.2. The van der Waals surface area contributed by atoms with Crippen LogP contribution in [0.2, 0.25) is 0 Å². The van der Waals surface area contributed by atoms with Gasteiger partial charge in [-0.15, -0.1) is 0 Å². The van der Waals surface area contributed by atoms with Crippen molar-refractivity contribution in [2.24, 2.45) is 11.0 Å². The lowest BCUT2D eigenvalue weighted by Crippen LogP contribution is -2.27. The van der Waals surface area contributed by atoms with E-state index in [1.54, 1.807) is 0 Å². The van der Waals surface area contributed by atoms with Gasteiger partial charge in [-0.05, 0) is 30.7 Å². The molecule has 1 atom stereocenters. The summed E-state index contributed by atoms with van der Waals surface area (Å²) in [6.45, 7) is 0.979. The number of rotatable bonds is 7. The number of nitrogens with zero attached hydrogens (tertiary/aromatic N) is 3. The van der Waals surface area contributed by atoms with E-state index in [-0.39, 0.29) is 29.8 Å². The van der Waals surface area contributed by atoms with Crippen LogP contribution in [0, 0.1) is 5.92 Å². The minimum atomic E-state index is -2.90. The second-order valence-corrected chi connectivity index (χ2v) is 6.71. The van der Waals surface area contributed by atoms with Gasteiger partial charge in [0.05, 0.1) is 11.5 Å². The van der Waals surface area contributed by atoms with E-state index in [4.69, 9.17) is 5.53 Å². The van der Waals surface area contributed by atoms with Crippen LogP contribution in [0.4, 0.5) is 0 Å². The van der Waals surface area contributed by atoms with Crippen LogP contribution in [0.25, 0.3) is 10.4 Å². The van der Waals surface area contributed by atoms with E-state index in [0.717, 1.165) is 12.8 Å². The lowest BCUT2D eigenvalue weighted by Gasteiger charge is -2.08. The topological polar surface area (TPSA) is 112 Å². The number of hydrogen-bond acceptors (Lipinski definition) is 4. The molecule has 1 unspecified atom stereocenters. The maximum absolute atomic E-state index is 11.5. The Labute approximate surface area is 106 Å². The van der Waals surface area contributed by atoms with Gasteiger partial charge >= 0.3 is 0 Å². The average Bonchev–Trinajstić information content (AvgIpc) is 2.63. The van der Waals surface area contributed by atoms with Crippen molar-refractivity contribution in [1.82, 2.24) is 5.32 Å². The molecule has 1 fully saturated rings. The highest BCUT2D eigenvalue weighted by molar-refractivity contribution is 7.91. The number of carbonyl (C=O) groups excluding carboxylic acids is 1. The van der Waals surface area contributed by atoms with E-state index in [1.165, 1.54) is 0 Å². The van der Waals surface area contributed by atoms with E-state index in [0.29, 0.717) is 19.5 Å². The zero-order valence-corrected chi connectivity index (χ0v) is 11.0. The van der Waals surface area contributed by atoms with Crippen molar-refractivity contribution in [2.45, 2.75) is 25.7 Å². The van der Waals surface area contributed by atoms with E-state index < -0.39 is 9.84 Å². The highest BCUT2D eigenvalue weighted by Crippen LogP contribution is 2.21. The molecule has 7 nitrogen and oxygen atoms in total. The molecule has 0 aromatic rings. The van der Waals surface area contributed by atoms with Crippen molar-refractivity contribution in [1.29, 1.82) is 0 Å². The minimum absolute atomic E-state index is 0.0295. The van der Waals surface area contributed by atoms with Gasteiger partial charge in [-0.3, -0.25) is 4.79 Å². The summed E-state index contributed by atoms with van der Waals surface area (Å²) >= 11 is 0. The number of amides is 1. The molecule has 8 heteroatoms. The van der Waals surface area contributed by atoms with E-state index >= 15 is 0 Å². The highest BCUT2D eigenvalue weighted by atomic mass is 32.2. The Hall–Kier alpha value is -1.27. The summed E-state index contributed by atoms with van der Waals surface area (Å²) in [5, 5.41) is 6.13. The smallest absolute Gasteiger partial charge is 0.220 e. The van der Waals surface area contributed by atoms with Gasteiger partial charge in [0, 0.05) is 24.4 Å². The third-order valence-electron chi connectivity index (χ3n) is 2.87. The number of hydrogen-bond donors (Lipinski definition) is 1. The Morgan fingerprint density at radius 1 is 1.44 bits per heavy atom. The van der Waals surface area contributed by atoms with Crippen LogP contribution >= 0.6 is 0 Å². The fraction of sp³-hybridized carbons (Fsp3) is 0.900. The van der Waals surface area contributed by atoms with Crippen LogP contribution in [-0.2, 0) is 14.6 Å². The van der Waals surface area contributed by atoms with Crippen molar-refractivity contribution >= 4 is 15.7 Å². The van der Waals surface area contributed by atoms with Crippen molar-refractivity contribution in [3.05, 3.63) is 10.4 Å². The van der Waals surface area contributed by atoms with Crippen molar-refractivity contribution < 1.29 is 13.2 Å². The molecule has 1 rings (SSSR count). The fourth-order valence-corrected chi connectivity index (χ4v) is 3.81. The van der Waals surface area contributed by atoms with Gasteiger partial charge in [0.2, 0.25) is 5.91 Å². The van der Waals surface area contributed by atoms with Gasteiger partial charge in [0.25, 0.3) is 0 Å². The minimum Gasteiger partial charge on any atom is -0.356 e. The predicted octanol–water partition coefficient (Wildman–Crippen LogP) is 1.02. The van der Waals surface area contributed by atoms with Gasteiger partial charge in [0.15, 0.2) is 9.84 Å². The van der Waals surface area contributed by atoms with Gasteiger partial charge < -0.3 is 5.32 Å². The first-order valence-corrected chi connectivity index (χ1v) is 7.83. The van der Waals surface area contributed by atoms with Gasteiger partial charge in [0.1, 0.15) is 0 Å². The number of nitrogens with one attached hydrogen (secondary N) is 1. The number of unbranched alkanes of at least 4 members (excludes halogenated alkanes) is 1. The molecule has 0 bridgehead atoms. The quantitative estimate of drug-likeness (QED) is 0.323. The molecule has 18 heavy (non-hydrogen) atoms. The maximum atomic E-state index is 11.5. The molecule has 0 aliphatic carbocycles. The van der Waals surface area contributed by atoms with Crippen LogP contribution in [0.3, 0.4) is 0 Å². The molecule has 1 aliphatic heterocycles. The summed E-state index contributed by atoms with van der Waals surface area (Å²) in [6.07, 6.45) is 2.37. The zero-order chi connectivity index (χ0) is 13.4. The van der Waals surface area contributed by atoms with Crippen molar-refractivity contribution in [3.8, 4) is 0 Å². The molecule has 1 aliphatic rings. The molecule has 1 N–H and O–H groups in total. The highest BCUT2D eigenvalue weighted by Gasteiger charge is 2.29. The maximum Gasteiger partial charge on any atom is 0.220 e. The zero-order valence-electron chi connectivity index (χ0n) is 10.2. The lowest BCUT2D eigenvalue weighted by molar-refractivity contribution is -0.121. The Morgan fingerprint density at radius 2 is 2.22 bits per heavy atom. The molecular formula is C10H18N4O3S. The van der Waals surface area contributed by atoms with E-state index in [2.05, 4.69) is 15.3 Å². The molecule has 0 spiro atoms. The molecule has 0 radical (unpaired) electrons. The average molecular weight is 274 g/mol.